The second-order valence-electron chi connectivity index (χ2n) is 2.87. The molecule has 64 valence electrons. The predicted molar refractivity (Wildman–Crippen MR) is 57.7 cm³/mol. The number of hydrogen-bond acceptors (Lipinski definition) is 0. The Morgan fingerprint density at radius 3 is 2.50 bits per heavy atom. The zero-order valence-electron chi connectivity index (χ0n) is 7.09. The van der Waals surface area contributed by atoms with Gasteiger partial charge < -0.3 is 0 Å². The fourth-order valence-corrected chi connectivity index (χ4v) is 1.31. The van der Waals surface area contributed by atoms with Crippen LogP contribution in [-0.4, -0.2) is 5.33 Å². The third kappa shape index (κ3) is 3.22. The second-order valence-corrected chi connectivity index (χ2v) is 3.43. The fourth-order valence-electron chi connectivity index (χ4n) is 1.03. The molecule has 1 heteroatoms. The summed E-state index contributed by atoms with van der Waals surface area (Å²) in [7, 11) is 0. The molecule has 0 aliphatic carbocycles. The summed E-state index contributed by atoms with van der Waals surface area (Å²) >= 11 is 3.39. The SMILES string of the molecule is C=C(CBr)CCc1ccccc1. The van der Waals surface area contributed by atoms with E-state index in [2.05, 4.69) is 46.8 Å². The van der Waals surface area contributed by atoms with Crippen LogP contribution in [0.15, 0.2) is 42.5 Å². The Balaban J connectivity index is 2.38. The van der Waals surface area contributed by atoms with Gasteiger partial charge in [0.2, 0.25) is 0 Å². The van der Waals surface area contributed by atoms with Crippen molar-refractivity contribution in [1.82, 2.24) is 0 Å². The summed E-state index contributed by atoms with van der Waals surface area (Å²) in [5.41, 5.74) is 2.65. The highest BCUT2D eigenvalue weighted by atomic mass is 79.9. The number of benzene rings is 1. The molecule has 0 saturated carbocycles. The van der Waals surface area contributed by atoms with E-state index in [9.17, 15) is 0 Å². The maximum absolute atomic E-state index is 3.94. The lowest BCUT2D eigenvalue weighted by Gasteiger charge is -2.01. The Morgan fingerprint density at radius 1 is 1.25 bits per heavy atom. The van der Waals surface area contributed by atoms with Gasteiger partial charge in [-0.15, -0.1) is 0 Å². The second kappa shape index (κ2) is 5.15. The molecule has 0 radical (unpaired) electrons. The molecule has 0 nitrogen and oxygen atoms in total. The van der Waals surface area contributed by atoms with E-state index < -0.39 is 0 Å². The third-order valence-corrected chi connectivity index (χ3v) is 2.59. The Morgan fingerprint density at radius 2 is 1.92 bits per heavy atom. The van der Waals surface area contributed by atoms with Crippen molar-refractivity contribution < 1.29 is 0 Å². The highest BCUT2D eigenvalue weighted by Crippen LogP contribution is 2.08. The normalized spacial score (nSPS) is 9.75. The van der Waals surface area contributed by atoms with Crippen molar-refractivity contribution in [2.45, 2.75) is 12.8 Å². The maximum atomic E-state index is 3.94. The summed E-state index contributed by atoms with van der Waals surface area (Å²) in [5.74, 6) is 0. The lowest BCUT2D eigenvalue weighted by molar-refractivity contribution is 0.951. The monoisotopic (exact) mass is 224 g/mol. The quantitative estimate of drug-likeness (QED) is 0.542. The average Bonchev–Trinajstić information content (AvgIpc) is 2.16. The Bertz CT molecular complexity index is 238. The van der Waals surface area contributed by atoms with Gasteiger partial charge in [0.15, 0.2) is 0 Å². The lowest BCUT2D eigenvalue weighted by atomic mass is 10.1. The van der Waals surface area contributed by atoms with Crippen molar-refractivity contribution in [1.29, 1.82) is 0 Å². The standard InChI is InChI=1S/C11H13Br/c1-10(9-12)7-8-11-5-3-2-4-6-11/h2-6H,1,7-9H2. The van der Waals surface area contributed by atoms with Gasteiger partial charge in [-0.2, -0.15) is 0 Å². The van der Waals surface area contributed by atoms with Gasteiger partial charge in [-0.1, -0.05) is 58.4 Å². The van der Waals surface area contributed by atoms with Crippen molar-refractivity contribution >= 4 is 15.9 Å². The molecule has 12 heavy (non-hydrogen) atoms. The van der Waals surface area contributed by atoms with Crippen LogP contribution < -0.4 is 0 Å². The van der Waals surface area contributed by atoms with E-state index in [0.717, 1.165) is 18.2 Å². The van der Waals surface area contributed by atoms with Gasteiger partial charge in [0.1, 0.15) is 0 Å². The van der Waals surface area contributed by atoms with E-state index in [1.165, 1.54) is 11.1 Å². The van der Waals surface area contributed by atoms with E-state index in [1.54, 1.807) is 0 Å². The molecule has 1 rings (SSSR count). The topological polar surface area (TPSA) is 0 Å². The largest absolute Gasteiger partial charge is 0.0990 e. The molecule has 0 amide bonds. The highest BCUT2D eigenvalue weighted by Gasteiger charge is 1.93. The molecule has 0 aliphatic rings. The smallest absolute Gasteiger partial charge is 0.0239 e. The molecular weight excluding hydrogens is 212 g/mol. The molecular formula is C11H13Br. The van der Waals surface area contributed by atoms with Crippen LogP contribution in [0.25, 0.3) is 0 Å². The molecule has 0 spiro atoms. The first-order chi connectivity index (χ1) is 5.83. The third-order valence-electron chi connectivity index (χ3n) is 1.80. The molecule has 1 aromatic rings. The van der Waals surface area contributed by atoms with E-state index in [1.807, 2.05) is 6.07 Å². The first-order valence-corrected chi connectivity index (χ1v) is 5.21. The molecule has 0 N–H and O–H groups in total. The van der Waals surface area contributed by atoms with Crippen molar-refractivity contribution in [2.24, 2.45) is 0 Å². The molecule has 0 saturated heterocycles. The van der Waals surface area contributed by atoms with E-state index >= 15 is 0 Å². The minimum Gasteiger partial charge on any atom is -0.0990 e. The Kier molecular flexibility index (Phi) is 4.09. The summed E-state index contributed by atoms with van der Waals surface area (Å²) < 4.78 is 0. The van der Waals surface area contributed by atoms with Gasteiger partial charge in [0, 0.05) is 5.33 Å². The number of allylic oxidation sites excluding steroid dienone is 1. The van der Waals surface area contributed by atoms with Gasteiger partial charge in [-0.3, -0.25) is 0 Å². The number of alkyl halides is 1. The van der Waals surface area contributed by atoms with E-state index in [-0.39, 0.29) is 0 Å². The molecule has 0 aromatic heterocycles. The molecule has 0 atom stereocenters. The maximum Gasteiger partial charge on any atom is 0.0239 e. The van der Waals surface area contributed by atoms with Crippen LogP contribution in [0.2, 0.25) is 0 Å². The zero-order valence-corrected chi connectivity index (χ0v) is 8.68. The van der Waals surface area contributed by atoms with Crippen LogP contribution in [-0.2, 0) is 6.42 Å². The van der Waals surface area contributed by atoms with Crippen LogP contribution in [0.4, 0.5) is 0 Å². The zero-order chi connectivity index (χ0) is 8.81. The number of rotatable bonds is 4. The van der Waals surface area contributed by atoms with Crippen molar-refractivity contribution in [3.05, 3.63) is 48.0 Å². The van der Waals surface area contributed by atoms with E-state index in [4.69, 9.17) is 0 Å². The summed E-state index contributed by atoms with van der Waals surface area (Å²) in [5, 5.41) is 0.917. The molecule has 0 aliphatic heterocycles. The van der Waals surface area contributed by atoms with Crippen molar-refractivity contribution in [3.8, 4) is 0 Å². The average molecular weight is 225 g/mol. The predicted octanol–water partition coefficient (Wildman–Crippen LogP) is 3.57. The molecule has 0 unspecified atom stereocenters. The van der Waals surface area contributed by atoms with Crippen LogP contribution in [0.5, 0.6) is 0 Å². The molecule has 0 bridgehead atoms. The first-order valence-electron chi connectivity index (χ1n) is 4.09. The number of aryl methyl sites for hydroxylation is 1. The minimum absolute atomic E-state index is 0.917. The Labute approximate surface area is 82.4 Å². The summed E-state index contributed by atoms with van der Waals surface area (Å²) in [6.45, 7) is 3.94. The highest BCUT2D eigenvalue weighted by molar-refractivity contribution is 9.09. The summed E-state index contributed by atoms with van der Waals surface area (Å²) in [6, 6.07) is 10.5. The molecule has 1 aromatic carbocycles. The minimum atomic E-state index is 0.917. The van der Waals surface area contributed by atoms with Gasteiger partial charge in [-0.25, -0.2) is 0 Å². The molecule has 0 fully saturated rings. The van der Waals surface area contributed by atoms with Gasteiger partial charge in [0.25, 0.3) is 0 Å². The van der Waals surface area contributed by atoms with Crippen LogP contribution in [0.1, 0.15) is 12.0 Å². The van der Waals surface area contributed by atoms with Crippen LogP contribution in [0, 0.1) is 0 Å². The molecule has 0 heterocycles. The number of hydrogen-bond donors (Lipinski definition) is 0. The van der Waals surface area contributed by atoms with Crippen LogP contribution >= 0.6 is 15.9 Å². The first kappa shape index (κ1) is 9.53. The van der Waals surface area contributed by atoms with E-state index in [0.29, 0.717) is 0 Å². The fraction of sp³-hybridized carbons (Fsp3) is 0.273. The van der Waals surface area contributed by atoms with Crippen LogP contribution in [0.3, 0.4) is 0 Å². The van der Waals surface area contributed by atoms with Gasteiger partial charge in [-0.05, 0) is 18.4 Å². The van der Waals surface area contributed by atoms with Gasteiger partial charge >= 0.3 is 0 Å². The summed E-state index contributed by atoms with van der Waals surface area (Å²) in [4.78, 5) is 0. The van der Waals surface area contributed by atoms with Gasteiger partial charge in [0.05, 0.1) is 0 Å². The Hall–Kier alpha value is -0.560. The van der Waals surface area contributed by atoms with Crippen molar-refractivity contribution in [3.63, 3.8) is 0 Å². The number of halogens is 1. The summed E-state index contributed by atoms with van der Waals surface area (Å²) in [6.07, 6.45) is 2.18. The lowest BCUT2D eigenvalue weighted by Crippen LogP contribution is -1.88. The van der Waals surface area contributed by atoms with Crippen molar-refractivity contribution in [2.75, 3.05) is 5.33 Å².